The summed E-state index contributed by atoms with van der Waals surface area (Å²) in [6, 6.07) is 7.86. The summed E-state index contributed by atoms with van der Waals surface area (Å²) in [6.07, 6.45) is 1.06. The topological polar surface area (TPSA) is 81.3 Å². The van der Waals surface area contributed by atoms with Crippen molar-refractivity contribution in [1.29, 1.82) is 0 Å². The molecule has 4 rings (SSSR count). The fourth-order valence-electron chi connectivity index (χ4n) is 3.23. The van der Waals surface area contributed by atoms with Crippen LogP contribution >= 0.6 is 0 Å². The van der Waals surface area contributed by atoms with Crippen LogP contribution < -0.4 is 9.64 Å². The molecule has 8 nitrogen and oxygen atoms in total. The van der Waals surface area contributed by atoms with E-state index >= 15 is 0 Å². The SMILES string of the molecule is Cc1nnc2ccc(N3CCC(COc4ccc(C(C)(C)C)nn4)C3)nn12. The Balaban J connectivity index is 1.36. The highest BCUT2D eigenvalue weighted by Crippen LogP contribution is 2.24. The van der Waals surface area contributed by atoms with Crippen LogP contribution in [0.1, 0.15) is 38.7 Å². The first-order valence-corrected chi connectivity index (χ1v) is 9.31. The third-order valence-corrected chi connectivity index (χ3v) is 4.89. The minimum absolute atomic E-state index is 0.00526. The zero-order chi connectivity index (χ0) is 19.0. The zero-order valence-electron chi connectivity index (χ0n) is 16.3. The predicted octanol–water partition coefficient (Wildman–Crippen LogP) is 2.43. The molecule has 0 spiro atoms. The van der Waals surface area contributed by atoms with E-state index < -0.39 is 0 Å². The average molecular weight is 367 g/mol. The van der Waals surface area contributed by atoms with Gasteiger partial charge < -0.3 is 9.64 Å². The van der Waals surface area contributed by atoms with E-state index in [4.69, 9.17) is 4.74 Å². The summed E-state index contributed by atoms with van der Waals surface area (Å²) < 4.78 is 7.66. The molecule has 1 aliphatic rings. The highest BCUT2D eigenvalue weighted by Gasteiger charge is 2.25. The second-order valence-corrected chi connectivity index (χ2v) is 8.13. The molecule has 8 heteroatoms. The molecule has 0 radical (unpaired) electrons. The second-order valence-electron chi connectivity index (χ2n) is 8.13. The smallest absolute Gasteiger partial charge is 0.233 e. The molecule has 0 bridgehead atoms. The van der Waals surface area contributed by atoms with Crippen molar-refractivity contribution in [3.63, 3.8) is 0 Å². The fraction of sp³-hybridized carbons (Fsp3) is 0.526. The Bertz CT molecular complexity index is 929. The lowest BCUT2D eigenvalue weighted by Gasteiger charge is -2.18. The van der Waals surface area contributed by atoms with E-state index in [2.05, 4.69) is 51.2 Å². The van der Waals surface area contributed by atoms with Gasteiger partial charge in [0, 0.05) is 30.5 Å². The highest BCUT2D eigenvalue weighted by atomic mass is 16.5. The van der Waals surface area contributed by atoms with Gasteiger partial charge in [-0.1, -0.05) is 20.8 Å². The van der Waals surface area contributed by atoms with Crippen LogP contribution in [0.3, 0.4) is 0 Å². The number of aryl methyl sites for hydroxylation is 1. The number of hydrogen-bond acceptors (Lipinski definition) is 7. The number of rotatable bonds is 4. The van der Waals surface area contributed by atoms with Crippen molar-refractivity contribution in [1.82, 2.24) is 30.0 Å². The van der Waals surface area contributed by atoms with Crippen LogP contribution in [-0.4, -0.2) is 49.7 Å². The Hall–Kier alpha value is -2.77. The zero-order valence-corrected chi connectivity index (χ0v) is 16.3. The normalized spacial score (nSPS) is 17.6. The standard InChI is InChI=1S/C19H25N7O/c1-13-20-22-16-6-7-17(24-26(13)16)25-10-9-14(11-25)12-27-18-8-5-15(21-23-18)19(2,3)4/h5-8,14H,9-12H2,1-4H3. The van der Waals surface area contributed by atoms with Gasteiger partial charge in [0.15, 0.2) is 11.5 Å². The lowest BCUT2D eigenvalue weighted by molar-refractivity contribution is 0.249. The molecule has 4 heterocycles. The molecule has 27 heavy (non-hydrogen) atoms. The Kier molecular flexibility index (Phi) is 4.41. The van der Waals surface area contributed by atoms with Crippen LogP contribution in [0.2, 0.25) is 0 Å². The number of ether oxygens (including phenoxy) is 1. The lowest BCUT2D eigenvalue weighted by atomic mass is 9.92. The number of anilines is 1. The summed E-state index contributed by atoms with van der Waals surface area (Å²) in [5, 5.41) is 21.3. The first-order valence-electron chi connectivity index (χ1n) is 9.31. The summed E-state index contributed by atoms with van der Waals surface area (Å²) >= 11 is 0. The maximum absolute atomic E-state index is 5.87. The number of aromatic nitrogens is 6. The summed E-state index contributed by atoms with van der Waals surface area (Å²) in [7, 11) is 0. The van der Waals surface area contributed by atoms with Gasteiger partial charge in [0.05, 0.1) is 12.3 Å². The first-order chi connectivity index (χ1) is 12.9. The van der Waals surface area contributed by atoms with E-state index in [9.17, 15) is 0 Å². The van der Waals surface area contributed by atoms with Crippen LogP contribution in [0.5, 0.6) is 5.88 Å². The second kappa shape index (κ2) is 6.75. The Morgan fingerprint density at radius 3 is 2.67 bits per heavy atom. The number of hydrogen-bond donors (Lipinski definition) is 0. The maximum Gasteiger partial charge on any atom is 0.233 e. The molecule has 1 saturated heterocycles. The summed E-state index contributed by atoms with van der Waals surface area (Å²) in [6.45, 7) is 10.8. The van der Waals surface area contributed by atoms with Gasteiger partial charge in [0.1, 0.15) is 5.82 Å². The first kappa shape index (κ1) is 17.6. The minimum atomic E-state index is -0.00526. The van der Waals surface area contributed by atoms with Crippen molar-refractivity contribution in [2.24, 2.45) is 5.92 Å². The Morgan fingerprint density at radius 2 is 1.93 bits per heavy atom. The molecule has 1 fully saturated rings. The summed E-state index contributed by atoms with van der Waals surface area (Å²) in [4.78, 5) is 2.28. The number of fused-ring (bicyclic) bond motifs is 1. The summed E-state index contributed by atoms with van der Waals surface area (Å²) in [5.41, 5.74) is 1.73. The van der Waals surface area contributed by atoms with Gasteiger partial charge in [0.25, 0.3) is 0 Å². The molecule has 3 aromatic rings. The van der Waals surface area contributed by atoms with Crippen LogP contribution in [-0.2, 0) is 5.41 Å². The van der Waals surface area contributed by atoms with E-state index in [0.717, 1.165) is 42.5 Å². The largest absolute Gasteiger partial charge is 0.476 e. The van der Waals surface area contributed by atoms with Gasteiger partial charge >= 0.3 is 0 Å². The third-order valence-electron chi connectivity index (χ3n) is 4.89. The van der Waals surface area contributed by atoms with Gasteiger partial charge in [-0.3, -0.25) is 0 Å². The third kappa shape index (κ3) is 3.70. The molecule has 1 aliphatic heterocycles. The predicted molar refractivity (Wildman–Crippen MR) is 102 cm³/mol. The number of nitrogens with zero attached hydrogens (tertiary/aromatic N) is 7. The van der Waals surface area contributed by atoms with E-state index in [-0.39, 0.29) is 5.41 Å². The van der Waals surface area contributed by atoms with E-state index in [1.54, 1.807) is 4.52 Å². The van der Waals surface area contributed by atoms with E-state index in [1.165, 1.54) is 0 Å². The molecule has 0 N–H and O–H groups in total. The van der Waals surface area contributed by atoms with Crippen molar-refractivity contribution >= 4 is 11.5 Å². The molecular weight excluding hydrogens is 342 g/mol. The monoisotopic (exact) mass is 367 g/mol. The summed E-state index contributed by atoms with van der Waals surface area (Å²) in [5.74, 6) is 2.76. The lowest BCUT2D eigenvalue weighted by Crippen LogP contribution is -2.23. The van der Waals surface area contributed by atoms with Crippen LogP contribution in [0.25, 0.3) is 5.65 Å². The van der Waals surface area contributed by atoms with Gasteiger partial charge in [-0.15, -0.1) is 20.4 Å². The molecular formula is C19H25N7O. The quantitative estimate of drug-likeness (QED) is 0.700. The maximum atomic E-state index is 5.87. The average Bonchev–Trinajstić information content (AvgIpc) is 3.26. The molecule has 0 amide bonds. The molecule has 142 valence electrons. The van der Waals surface area contributed by atoms with Gasteiger partial charge in [0.2, 0.25) is 5.88 Å². The molecule has 3 aromatic heterocycles. The van der Waals surface area contributed by atoms with Crippen LogP contribution in [0, 0.1) is 12.8 Å². The van der Waals surface area contributed by atoms with Crippen LogP contribution in [0.4, 0.5) is 5.82 Å². The Morgan fingerprint density at radius 1 is 1.07 bits per heavy atom. The van der Waals surface area contributed by atoms with E-state index in [0.29, 0.717) is 18.4 Å². The van der Waals surface area contributed by atoms with Gasteiger partial charge in [-0.2, -0.15) is 9.61 Å². The molecule has 1 unspecified atom stereocenters. The van der Waals surface area contributed by atoms with Gasteiger partial charge in [-0.25, -0.2) is 0 Å². The van der Waals surface area contributed by atoms with Crippen molar-refractivity contribution in [3.8, 4) is 5.88 Å². The Labute approximate surface area is 158 Å². The highest BCUT2D eigenvalue weighted by molar-refractivity contribution is 5.46. The molecule has 0 aliphatic carbocycles. The van der Waals surface area contributed by atoms with Gasteiger partial charge in [-0.05, 0) is 31.5 Å². The minimum Gasteiger partial charge on any atom is -0.476 e. The molecule has 0 saturated carbocycles. The van der Waals surface area contributed by atoms with Crippen molar-refractivity contribution in [2.75, 3.05) is 24.6 Å². The van der Waals surface area contributed by atoms with E-state index in [1.807, 2.05) is 31.2 Å². The van der Waals surface area contributed by atoms with Crippen molar-refractivity contribution in [3.05, 3.63) is 35.8 Å². The van der Waals surface area contributed by atoms with Crippen LogP contribution in [0.15, 0.2) is 24.3 Å². The molecule has 1 atom stereocenters. The van der Waals surface area contributed by atoms with Crippen molar-refractivity contribution in [2.45, 2.75) is 39.5 Å². The molecule has 0 aromatic carbocycles. The van der Waals surface area contributed by atoms with Crippen molar-refractivity contribution < 1.29 is 4.74 Å². The fourth-order valence-corrected chi connectivity index (χ4v) is 3.23.